The minimum absolute atomic E-state index is 0.122. The average molecular weight is 401 g/mol. The highest BCUT2D eigenvalue weighted by Gasteiger charge is 2.23. The zero-order valence-corrected chi connectivity index (χ0v) is 15.5. The number of nitrogens with zero attached hydrogens (tertiary/aromatic N) is 1. The van der Waals surface area contributed by atoms with E-state index in [4.69, 9.17) is 23.2 Å². The minimum Gasteiger partial charge on any atom is -0.330 e. The molecule has 0 aliphatic carbocycles. The number of hydrogen-bond donors (Lipinski definition) is 2. The van der Waals surface area contributed by atoms with Gasteiger partial charge in [-0.25, -0.2) is 0 Å². The van der Waals surface area contributed by atoms with Gasteiger partial charge in [-0.05, 0) is 38.1 Å². The van der Waals surface area contributed by atoms with Crippen molar-refractivity contribution in [1.82, 2.24) is 0 Å². The van der Waals surface area contributed by atoms with E-state index in [1.54, 1.807) is 30.4 Å². The third-order valence-corrected chi connectivity index (χ3v) is 4.42. The summed E-state index contributed by atoms with van der Waals surface area (Å²) in [7, 11) is 0. The second-order valence-corrected chi connectivity index (χ2v) is 6.69. The van der Waals surface area contributed by atoms with Crippen LogP contribution in [0.5, 0.6) is 0 Å². The van der Waals surface area contributed by atoms with Gasteiger partial charge in [0.2, 0.25) is 5.82 Å². The van der Waals surface area contributed by atoms with Crippen molar-refractivity contribution in [2.75, 3.05) is 5.32 Å². The van der Waals surface area contributed by atoms with Gasteiger partial charge in [-0.15, -0.1) is 0 Å². The number of amides is 1. The highest BCUT2D eigenvalue weighted by molar-refractivity contribution is 6.35. The first-order valence-electron chi connectivity index (χ1n) is 7.73. The van der Waals surface area contributed by atoms with Crippen LogP contribution in [0, 0.1) is 15.9 Å². The van der Waals surface area contributed by atoms with E-state index >= 15 is 0 Å². The summed E-state index contributed by atoms with van der Waals surface area (Å²) in [5.41, 5.74) is 0.286. The summed E-state index contributed by atoms with van der Waals surface area (Å²) in [5.74, 6) is -1.33. The first-order chi connectivity index (χ1) is 12.2. The second-order valence-electron chi connectivity index (χ2n) is 5.85. The summed E-state index contributed by atoms with van der Waals surface area (Å²) in [6, 6.07) is 7.70. The van der Waals surface area contributed by atoms with Crippen molar-refractivity contribution in [3.8, 4) is 0 Å². The molecule has 0 aromatic heterocycles. The van der Waals surface area contributed by atoms with Crippen LogP contribution in [0.4, 0.5) is 15.8 Å². The SMILES string of the molecule is C[C@H]([NH2+][C@@H](C)c1ccc(Cl)cc1Cl)C(=O)Nc1ccc(F)c([N+](=O)[O-])c1. The summed E-state index contributed by atoms with van der Waals surface area (Å²) < 4.78 is 13.4. The van der Waals surface area contributed by atoms with Crippen molar-refractivity contribution in [3.05, 3.63) is 67.9 Å². The van der Waals surface area contributed by atoms with Crippen LogP contribution in [0.3, 0.4) is 0 Å². The normalized spacial score (nSPS) is 13.1. The molecule has 2 rings (SSSR count). The first kappa shape index (κ1) is 20.1. The zero-order valence-electron chi connectivity index (χ0n) is 14.0. The maximum atomic E-state index is 13.4. The predicted octanol–water partition coefficient (Wildman–Crippen LogP) is 3.69. The Morgan fingerprint density at radius 1 is 1.23 bits per heavy atom. The Labute approximate surface area is 159 Å². The second kappa shape index (κ2) is 8.44. The Hall–Kier alpha value is -2.22. The molecule has 138 valence electrons. The summed E-state index contributed by atoms with van der Waals surface area (Å²) >= 11 is 12.1. The van der Waals surface area contributed by atoms with Crippen molar-refractivity contribution < 1.29 is 19.4 Å². The van der Waals surface area contributed by atoms with Crippen LogP contribution in [0.2, 0.25) is 10.0 Å². The molecule has 0 saturated heterocycles. The van der Waals surface area contributed by atoms with Gasteiger partial charge in [-0.2, -0.15) is 4.39 Å². The van der Waals surface area contributed by atoms with Gasteiger partial charge in [-0.1, -0.05) is 29.3 Å². The standard InChI is InChI=1S/C17H16Cl2FN3O3/c1-9(13-5-3-11(18)7-14(13)19)21-10(2)17(24)22-12-4-6-15(20)16(8-12)23(25)26/h3-10,21H,1-2H3,(H,22,24)/p+1/t9-,10-/m0/s1. The number of anilines is 1. The number of rotatable bonds is 6. The number of benzene rings is 2. The molecular formula is C17H17Cl2FN3O3+. The van der Waals surface area contributed by atoms with Crippen molar-refractivity contribution in [1.29, 1.82) is 0 Å². The van der Waals surface area contributed by atoms with Crippen LogP contribution in [0.25, 0.3) is 0 Å². The van der Waals surface area contributed by atoms with Crippen molar-refractivity contribution >= 4 is 40.5 Å². The molecule has 0 heterocycles. The number of carbonyl (C=O) groups is 1. The summed E-state index contributed by atoms with van der Waals surface area (Å²) in [6.45, 7) is 3.58. The van der Waals surface area contributed by atoms with Gasteiger partial charge in [-0.3, -0.25) is 14.9 Å². The highest BCUT2D eigenvalue weighted by atomic mass is 35.5. The number of nitro groups is 1. The minimum atomic E-state index is -0.960. The lowest BCUT2D eigenvalue weighted by molar-refractivity contribution is -0.709. The Morgan fingerprint density at radius 2 is 1.92 bits per heavy atom. The Bertz CT molecular complexity index is 848. The molecule has 2 aromatic carbocycles. The van der Waals surface area contributed by atoms with Crippen molar-refractivity contribution in [3.63, 3.8) is 0 Å². The van der Waals surface area contributed by atoms with E-state index in [0.717, 1.165) is 17.7 Å². The molecule has 0 aliphatic heterocycles. The summed E-state index contributed by atoms with van der Waals surface area (Å²) in [6.07, 6.45) is 0. The molecule has 6 nitrogen and oxygen atoms in total. The number of halogens is 3. The Morgan fingerprint density at radius 3 is 2.54 bits per heavy atom. The molecule has 0 saturated carbocycles. The molecule has 0 fully saturated rings. The summed E-state index contributed by atoms with van der Waals surface area (Å²) in [4.78, 5) is 22.3. The highest BCUT2D eigenvalue weighted by Crippen LogP contribution is 2.24. The number of quaternary nitrogens is 1. The number of hydrogen-bond acceptors (Lipinski definition) is 3. The lowest BCUT2D eigenvalue weighted by atomic mass is 10.1. The molecule has 2 atom stereocenters. The first-order valence-corrected chi connectivity index (χ1v) is 8.49. The van der Waals surface area contributed by atoms with Crippen LogP contribution in [-0.4, -0.2) is 16.9 Å². The third kappa shape index (κ3) is 4.91. The van der Waals surface area contributed by atoms with Gasteiger partial charge in [0.25, 0.3) is 5.91 Å². The van der Waals surface area contributed by atoms with E-state index in [0.29, 0.717) is 10.0 Å². The molecule has 0 spiro atoms. The third-order valence-electron chi connectivity index (χ3n) is 3.85. The Balaban J connectivity index is 2.05. The number of carbonyl (C=O) groups excluding carboxylic acids is 1. The molecular weight excluding hydrogens is 384 g/mol. The molecule has 1 amide bonds. The Kier molecular flexibility index (Phi) is 6.52. The number of nitrogens with one attached hydrogen (secondary N) is 1. The fourth-order valence-electron chi connectivity index (χ4n) is 2.48. The molecule has 9 heteroatoms. The fourth-order valence-corrected chi connectivity index (χ4v) is 3.06. The van der Waals surface area contributed by atoms with Gasteiger partial charge in [0, 0.05) is 22.3 Å². The lowest BCUT2D eigenvalue weighted by Crippen LogP contribution is -2.91. The van der Waals surface area contributed by atoms with Crippen LogP contribution < -0.4 is 10.6 Å². The van der Waals surface area contributed by atoms with Crippen LogP contribution >= 0.6 is 23.2 Å². The van der Waals surface area contributed by atoms with Gasteiger partial charge < -0.3 is 10.6 Å². The van der Waals surface area contributed by atoms with Crippen LogP contribution in [0.15, 0.2) is 36.4 Å². The van der Waals surface area contributed by atoms with E-state index in [1.807, 2.05) is 6.92 Å². The van der Waals surface area contributed by atoms with E-state index in [-0.39, 0.29) is 17.6 Å². The van der Waals surface area contributed by atoms with Gasteiger partial charge in [0.05, 0.1) is 9.95 Å². The van der Waals surface area contributed by atoms with Gasteiger partial charge >= 0.3 is 5.69 Å². The zero-order chi connectivity index (χ0) is 19.4. The monoisotopic (exact) mass is 400 g/mol. The quantitative estimate of drug-likeness (QED) is 0.572. The predicted molar refractivity (Wildman–Crippen MR) is 97.9 cm³/mol. The van der Waals surface area contributed by atoms with E-state index in [2.05, 4.69) is 5.32 Å². The van der Waals surface area contributed by atoms with Crippen molar-refractivity contribution in [2.45, 2.75) is 25.9 Å². The van der Waals surface area contributed by atoms with Crippen LogP contribution in [-0.2, 0) is 4.79 Å². The maximum Gasteiger partial charge on any atom is 0.306 e. The van der Waals surface area contributed by atoms with Gasteiger partial charge in [0.15, 0.2) is 6.04 Å². The maximum absolute atomic E-state index is 13.4. The molecule has 2 aromatic rings. The van der Waals surface area contributed by atoms with Gasteiger partial charge in [0.1, 0.15) is 6.04 Å². The molecule has 0 bridgehead atoms. The van der Waals surface area contributed by atoms with E-state index in [9.17, 15) is 19.3 Å². The van der Waals surface area contributed by atoms with Crippen LogP contribution in [0.1, 0.15) is 25.5 Å². The topological polar surface area (TPSA) is 88.8 Å². The summed E-state index contributed by atoms with van der Waals surface area (Å²) in [5, 5.41) is 16.1. The molecule has 0 aliphatic rings. The van der Waals surface area contributed by atoms with E-state index < -0.39 is 22.5 Å². The fraction of sp³-hybridized carbons (Fsp3) is 0.235. The lowest BCUT2D eigenvalue weighted by Gasteiger charge is -2.18. The van der Waals surface area contributed by atoms with Crippen molar-refractivity contribution in [2.24, 2.45) is 0 Å². The largest absolute Gasteiger partial charge is 0.330 e. The van der Waals surface area contributed by atoms with E-state index in [1.165, 1.54) is 6.07 Å². The molecule has 3 N–H and O–H groups in total. The average Bonchev–Trinajstić information content (AvgIpc) is 2.55. The number of nitrogens with two attached hydrogens (primary N) is 1. The number of nitro benzene ring substituents is 1. The molecule has 0 unspecified atom stereocenters. The molecule has 26 heavy (non-hydrogen) atoms. The smallest absolute Gasteiger partial charge is 0.306 e. The molecule has 0 radical (unpaired) electrons.